The molecule has 0 bridgehead atoms. The largest absolute Gasteiger partial charge is 0.390 e. The predicted molar refractivity (Wildman–Crippen MR) is 115 cm³/mol. The van der Waals surface area contributed by atoms with E-state index in [1.807, 2.05) is 26.1 Å². The van der Waals surface area contributed by atoms with Crippen molar-refractivity contribution < 1.29 is 5.11 Å². The lowest BCUT2D eigenvalue weighted by atomic mass is 9.88. The molecule has 0 radical (unpaired) electrons. The van der Waals surface area contributed by atoms with Crippen LogP contribution in [0.5, 0.6) is 0 Å². The van der Waals surface area contributed by atoms with Crippen molar-refractivity contribution in [3.05, 3.63) is 41.5 Å². The molecule has 5 nitrogen and oxygen atoms in total. The average molecular weight is 399 g/mol. The molecule has 4 rings (SSSR count). The number of aliphatic hydroxyl groups is 1. The molecule has 3 atom stereocenters. The molecule has 1 saturated carbocycles. The van der Waals surface area contributed by atoms with E-state index < -0.39 is 5.60 Å². The third kappa shape index (κ3) is 4.23. The number of hydrogen-bond donors (Lipinski definition) is 3. The second kappa shape index (κ2) is 6.85. The van der Waals surface area contributed by atoms with Gasteiger partial charge in [-0.1, -0.05) is 6.58 Å². The van der Waals surface area contributed by atoms with Crippen LogP contribution in [0.4, 0.5) is 5.95 Å². The van der Waals surface area contributed by atoms with Crippen molar-refractivity contribution in [1.82, 2.24) is 15.3 Å². The molecule has 0 aromatic carbocycles. The van der Waals surface area contributed by atoms with Gasteiger partial charge in [-0.15, -0.1) is 11.3 Å². The summed E-state index contributed by atoms with van der Waals surface area (Å²) in [6.07, 6.45) is 4.75. The summed E-state index contributed by atoms with van der Waals surface area (Å²) in [5.41, 5.74) is 1.42. The molecule has 0 amide bonds. The van der Waals surface area contributed by atoms with E-state index in [9.17, 15) is 5.11 Å². The van der Waals surface area contributed by atoms with E-state index >= 15 is 0 Å². The molecule has 2 aromatic rings. The molecule has 1 aliphatic heterocycles. The number of nitrogens with one attached hydrogen (secondary N) is 2. The number of nitrogens with zero attached hydrogens (tertiary/aromatic N) is 2. The SMILES string of the molecule is C=C1CC(Nc2nccc(-c3ccc([C@@H]4C[C@H]4C(C)(C)O)s3)n2)CC(C)(C)N1. The van der Waals surface area contributed by atoms with Gasteiger partial charge < -0.3 is 15.7 Å². The fraction of sp³-hybridized carbons (Fsp3) is 0.545. The lowest BCUT2D eigenvalue weighted by Gasteiger charge is -2.38. The molecule has 1 saturated heterocycles. The van der Waals surface area contributed by atoms with Crippen LogP contribution < -0.4 is 10.6 Å². The standard InChI is InChI=1S/C22H30N4OS/c1-13-10-14(12-21(2,3)26-13)24-20-23-9-8-17(25-20)19-7-6-18(28-19)15-11-16(15)22(4,5)27/h6-9,14-16,26-27H,1,10-12H2,2-5H3,(H,23,24,25)/t14?,15-,16-/m1/s1. The summed E-state index contributed by atoms with van der Waals surface area (Å²) in [6.45, 7) is 12.3. The van der Waals surface area contributed by atoms with Crippen LogP contribution in [0.2, 0.25) is 0 Å². The van der Waals surface area contributed by atoms with Crippen LogP contribution in [0.3, 0.4) is 0 Å². The van der Waals surface area contributed by atoms with Gasteiger partial charge in [0.15, 0.2) is 0 Å². The maximum Gasteiger partial charge on any atom is 0.223 e. The zero-order chi connectivity index (χ0) is 20.1. The highest BCUT2D eigenvalue weighted by molar-refractivity contribution is 7.15. The maximum absolute atomic E-state index is 10.2. The number of aromatic nitrogens is 2. The number of hydrogen-bond acceptors (Lipinski definition) is 6. The average Bonchev–Trinajstić information content (AvgIpc) is 3.24. The second-order valence-electron chi connectivity index (χ2n) is 9.43. The first kappa shape index (κ1) is 19.4. The Morgan fingerprint density at radius 1 is 1.32 bits per heavy atom. The van der Waals surface area contributed by atoms with Crippen molar-refractivity contribution in [3.8, 4) is 10.6 Å². The molecule has 3 heterocycles. The van der Waals surface area contributed by atoms with Gasteiger partial charge >= 0.3 is 0 Å². The number of thiophene rings is 1. The van der Waals surface area contributed by atoms with Crippen LogP contribution in [0.25, 0.3) is 10.6 Å². The van der Waals surface area contributed by atoms with Crippen LogP contribution in [-0.4, -0.2) is 32.3 Å². The van der Waals surface area contributed by atoms with E-state index in [1.165, 1.54) is 4.88 Å². The molecule has 2 aliphatic rings. The summed E-state index contributed by atoms with van der Waals surface area (Å²) in [4.78, 5) is 11.7. The smallest absolute Gasteiger partial charge is 0.223 e. The van der Waals surface area contributed by atoms with E-state index in [0.717, 1.165) is 35.5 Å². The summed E-state index contributed by atoms with van der Waals surface area (Å²) >= 11 is 1.78. The predicted octanol–water partition coefficient (Wildman–Crippen LogP) is 4.54. The number of piperidine rings is 1. The minimum absolute atomic E-state index is 0.0224. The molecule has 3 N–H and O–H groups in total. The molecule has 6 heteroatoms. The highest BCUT2D eigenvalue weighted by atomic mass is 32.1. The zero-order valence-electron chi connectivity index (χ0n) is 17.1. The first-order valence-electron chi connectivity index (χ1n) is 9.99. The molecular formula is C22H30N4OS. The Balaban J connectivity index is 1.47. The van der Waals surface area contributed by atoms with Crippen LogP contribution in [-0.2, 0) is 0 Å². The van der Waals surface area contributed by atoms with Gasteiger partial charge in [-0.25, -0.2) is 9.97 Å². The fourth-order valence-corrected chi connectivity index (χ4v) is 5.55. The summed E-state index contributed by atoms with van der Waals surface area (Å²) < 4.78 is 0. The van der Waals surface area contributed by atoms with Crippen molar-refractivity contribution in [1.29, 1.82) is 0 Å². The van der Waals surface area contributed by atoms with Crippen LogP contribution in [0.1, 0.15) is 57.8 Å². The molecule has 0 spiro atoms. The normalized spacial score (nSPS) is 26.6. The Hall–Kier alpha value is -1.92. The molecular weight excluding hydrogens is 368 g/mol. The Bertz CT molecular complexity index is 883. The lowest BCUT2D eigenvalue weighted by Crippen LogP contribution is -2.48. The fourth-order valence-electron chi connectivity index (χ4n) is 4.40. The van der Waals surface area contributed by atoms with Crippen LogP contribution >= 0.6 is 11.3 Å². The topological polar surface area (TPSA) is 70.1 Å². The molecule has 2 aromatic heterocycles. The summed E-state index contributed by atoms with van der Waals surface area (Å²) in [5.74, 6) is 1.50. The molecule has 28 heavy (non-hydrogen) atoms. The molecule has 1 aliphatic carbocycles. The van der Waals surface area contributed by atoms with Crippen molar-refractivity contribution in [3.63, 3.8) is 0 Å². The summed E-state index contributed by atoms with van der Waals surface area (Å²) in [7, 11) is 0. The Morgan fingerprint density at radius 2 is 2.11 bits per heavy atom. The van der Waals surface area contributed by atoms with Crippen molar-refractivity contribution in [2.24, 2.45) is 5.92 Å². The quantitative estimate of drug-likeness (QED) is 0.690. The molecule has 2 fully saturated rings. The summed E-state index contributed by atoms with van der Waals surface area (Å²) in [6, 6.07) is 6.57. The summed E-state index contributed by atoms with van der Waals surface area (Å²) in [5, 5.41) is 17.2. The van der Waals surface area contributed by atoms with Gasteiger partial charge in [0.25, 0.3) is 0 Å². The highest BCUT2D eigenvalue weighted by Gasteiger charge is 2.48. The van der Waals surface area contributed by atoms with Crippen LogP contribution in [0.15, 0.2) is 36.7 Å². The third-order valence-corrected chi connectivity index (χ3v) is 6.94. The van der Waals surface area contributed by atoms with Gasteiger partial charge in [0.1, 0.15) is 0 Å². The van der Waals surface area contributed by atoms with Gasteiger partial charge in [0.05, 0.1) is 16.2 Å². The van der Waals surface area contributed by atoms with Gasteiger partial charge in [0, 0.05) is 34.8 Å². The van der Waals surface area contributed by atoms with Crippen molar-refractivity contribution in [2.45, 2.75) is 70.1 Å². The van der Waals surface area contributed by atoms with Gasteiger partial charge in [0.2, 0.25) is 5.95 Å². The highest BCUT2D eigenvalue weighted by Crippen LogP contribution is 2.55. The Kier molecular flexibility index (Phi) is 4.74. The minimum Gasteiger partial charge on any atom is -0.390 e. The first-order chi connectivity index (χ1) is 13.1. The number of anilines is 1. The van der Waals surface area contributed by atoms with Gasteiger partial charge in [-0.3, -0.25) is 0 Å². The van der Waals surface area contributed by atoms with Gasteiger partial charge in [-0.2, -0.15) is 0 Å². The Morgan fingerprint density at radius 3 is 2.79 bits per heavy atom. The zero-order valence-corrected chi connectivity index (χ0v) is 17.9. The third-order valence-electron chi connectivity index (χ3n) is 5.70. The molecule has 150 valence electrons. The Labute approximate surface area is 171 Å². The number of rotatable bonds is 5. The van der Waals surface area contributed by atoms with Crippen LogP contribution in [0, 0.1) is 5.92 Å². The van der Waals surface area contributed by atoms with Gasteiger partial charge in [-0.05, 0) is 70.6 Å². The molecule has 1 unspecified atom stereocenters. The first-order valence-corrected chi connectivity index (χ1v) is 10.8. The maximum atomic E-state index is 10.2. The van der Waals surface area contributed by atoms with E-state index in [-0.39, 0.29) is 11.6 Å². The van der Waals surface area contributed by atoms with E-state index in [1.54, 1.807) is 11.3 Å². The van der Waals surface area contributed by atoms with Crippen molar-refractivity contribution >= 4 is 17.3 Å². The van der Waals surface area contributed by atoms with E-state index in [0.29, 0.717) is 17.8 Å². The van der Waals surface area contributed by atoms with E-state index in [4.69, 9.17) is 4.98 Å². The second-order valence-corrected chi connectivity index (χ2v) is 10.5. The minimum atomic E-state index is -0.604. The lowest BCUT2D eigenvalue weighted by molar-refractivity contribution is 0.0547. The monoisotopic (exact) mass is 398 g/mol. The van der Waals surface area contributed by atoms with E-state index in [2.05, 4.69) is 48.2 Å². The van der Waals surface area contributed by atoms with Crippen molar-refractivity contribution in [2.75, 3.05) is 5.32 Å².